The minimum atomic E-state index is -5.19. The number of hydrazine groups is 1. The Kier molecular flexibility index (Phi) is 8.92. The largest absolute Gasteiger partial charge is 0.497 e. The Morgan fingerprint density at radius 3 is 2.32 bits per heavy atom. The fourth-order valence-electron chi connectivity index (χ4n) is 3.72. The molecule has 0 aliphatic carbocycles. The zero-order valence-electron chi connectivity index (χ0n) is 20.3. The van der Waals surface area contributed by atoms with Crippen molar-refractivity contribution >= 4 is 23.5 Å². The standard InChI is InChI=1S/C24H27F4N5O4/c1-3-31-9-11-32(12-10-31)23(36)33(18-5-4-6-19(14-18)37-2)15-17-8-7-16(13-20(17)25)21(34)29-30-22(35)24(26,27)28/h4-8,13-14H,3,9-12,15H2,1-2H3,(H,29,34)(H,30,35). The van der Waals surface area contributed by atoms with Crippen molar-refractivity contribution < 1.29 is 36.7 Å². The maximum Gasteiger partial charge on any atom is 0.472 e. The molecule has 0 saturated carbocycles. The highest BCUT2D eigenvalue weighted by Crippen LogP contribution is 2.25. The molecule has 3 rings (SSSR count). The number of rotatable bonds is 6. The highest BCUT2D eigenvalue weighted by molar-refractivity contribution is 5.96. The maximum absolute atomic E-state index is 15.0. The van der Waals surface area contributed by atoms with Gasteiger partial charge in [0.25, 0.3) is 5.91 Å². The number of piperazine rings is 1. The summed E-state index contributed by atoms with van der Waals surface area (Å²) in [4.78, 5) is 41.7. The molecule has 9 nitrogen and oxygen atoms in total. The van der Waals surface area contributed by atoms with Crippen LogP contribution in [0.2, 0.25) is 0 Å². The number of hydrogen-bond acceptors (Lipinski definition) is 5. The zero-order chi connectivity index (χ0) is 27.2. The van der Waals surface area contributed by atoms with Crippen LogP contribution in [0.4, 0.5) is 28.0 Å². The van der Waals surface area contributed by atoms with Crippen LogP contribution in [-0.2, 0) is 11.3 Å². The number of alkyl halides is 3. The first-order chi connectivity index (χ1) is 17.5. The number of methoxy groups -OCH3 is 1. The zero-order valence-corrected chi connectivity index (χ0v) is 20.3. The lowest BCUT2D eigenvalue weighted by Crippen LogP contribution is -2.52. The summed E-state index contributed by atoms with van der Waals surface area (Å²) in [5.74, 6) is -3.87. The summed E-state index contributed by atoms with van der Waals surface area (Å²) in [5.41, 5.74) is 3.02. The van der Waals surface area contributed by atoms with Crippen LogP contribution >= 0.6 is 0 Å². The number of ether oxygens (including phenoxy) is 1. The van der Waals surface area contributed by atoms with Gasteiger partial charge in [0.05, 0.1) is 13.7 Å². The molecule has 2 aromatic rings. The van der Waals surface area contributed by atoms with E-state index in [4.69, 9.17) is 4.74 Å². The van der Waals surface area contributed by atoms with Crippen molar-refractivity contribution in [1.82, 2.24) is 20.7 Å². The van der Waals surface area contributed by atoms with Crippen LogP contribution in [-0.4, -0.2) is 73.7 Å². The Balaban J connectivity index is 1.80. The van der Waals surface area contributed by atoms with Crippen molar-refractivity contribution in [1.29, 1.82) is 0 Å². The van der Waals surface area contributed by atoms with E-state index in [1.807, 2.05) is 6.92 Å². The van der Waals surface area contributed by atoms with E-state index < -0.39 is 23.8 Å². The molecule has 0 aromatic heterocycles. The fraction of sp³-hybridized carbons (Fsp3) is 0.375. The molecule has 200 valence electrons. The third kappa shape index (κ3) is 7.09. The predicted octanol–water partition coefficient (Wildman–Crippen LogP) is 2.92. The average molecular weight is 526 g/mol. The molecule has 1 aliphatic heterocycles. The summed E-state index contributed by atoms with van der Waals surface area (Å²) in [6.45, 7) is 5.13. The van der Waals surface area contributed by atoms with E-state index in [2.05, 4.69) is 4.90 Å². The van der Waals surface area contributed by atoms with Crippen molar-refractivity contribution in [2.45, 2.75) is 19.6 Å². The van der Waals surface area contributed by atoms with Gasteiger partial charge < -0.3 is 14.5 Å². The molecule has 1 heterocycles. The van der Waals surface area contributed by atoms with E-state index in [1.165, 1.54) is 29.6 Å². The van der Waals surface area contributed by atoms with E-state index in [-0.39, 0.29) is 23.7 Å². The number of benzene rings is 2. The van der Waals surface area contributed by atoms with Crippen LogP contribution in [0, 0.1) is 5.82 Å². The molecular formula is C24H27F4N5O4. The van der Waals surface area contributed by atoms with Crippen molar-refractivity contribution in [3.8, 4) is 5.75 Å². The molecule has 0 bridgehead atoms. The summed E-state index contributed by atoms with van der Waals surface area (Å²) in [5, 5.41) is 0. The van der Waals surface area contributed by atoms with Gasteiger partial charge in [0.15, 0.2) is 0 Å². The van der Waals surface area contributed by atoms with Crippen LogP contribution in [0.3, 0.4) is 0 Å². The molecule has 2 N–H and O–H groups in total. The second-order valence-electron chi connectivity index (χ2n) is 8.20. The molecule has 13 heteroatoms. The Labute approximate surface area is 210 Å². The SMILES string of the molecule is CCN1CCN(C(=O)N(Cc2ccc(C(=O)NNC(=O)C(F)(F)F)cc2F)c2cccc(OC)c2)CC1. The molecule has 0 atom stereocenters. The van der Waals surface area contributed by atoms with Crippen molar-refractivity contribution in [2.75, 3.05) is 44.7 Å². The van der Waals surface area contributed by atoms with E-state index in [9.17, 15) is 31.9 Å². The fourth-order valence-corrected chi connectivity index (χ4v) is 3.72. The third-order valence-corrected chi connectivity index (χ3v) is 5.88. The molecule has 0 unspecified atom stereocenters. The van der Waals surface area contributed by atoms with Gasteiger partial charge in [-0.15, -0.1) is 0 Å². The van der Waals surface area contributed by atoms with E-state index in [1.54, 1.807) is 34.6 Å². The lowest BCUT2D eigenvalue weighted by Gasteiger charge is -2.37. The molecule has 1 aliphatic rings. The molecule has 37 heavy (non-hydrogen) atoms. The van der Waals surface area contributed by atoms with Gasteiger partial charge in [0.1, 0.15) is 11.6 Å². The van der Waals surface area contributed by atoms with Crippen molar-refractivity contribution in [3.05, 3.63) is 59.4 Å². The first-order valence-corrected chi connectivity index (χ1v) is 11.4. The van der Waals surface area contributed by atoms with Gasteiger partial charge in [0.2, 0.25) is 0 Å². The summed E-state index contributed by atoms with van der Waals surface area (Å²) >= 11 is 0. The maximum atomic E-state index is 15.0. The van der Waals surface area contributed by atoms with Gasteiger partial charge in [-0.05, 0) is 30.8 Å². The molecule has 4 amide bonds. The Bertz CT molecular complexity index is 1140. The second-order valence-corrected chi connectivity index (χ2v) is 8.20. The monoisotopic (exact) mass is 525 g/mol. The number of amides is 4. The minimum Gasteiger partial charge on any atom is -0.497 e. The van der Waals surface area contributed by atoms with Gasteiger partial charge in [-0.1, -0.05) is 19.1 Å². The third-order valence-electron chi connectivity index (χ3n) is 5.88. The normalized spacial score (nSPS) is 14.2. The van der Waals surface area contributed by atoms with Gasteiger partial charge in [-0.2, -0.15) is 13.2 Å². The number of likely N-dealkylation sites (N-methyl/N-ethyl adjacent to an activating group) is 1. The molecular weight excluding hydrogens is 498 g/mol. The number of carbonyl (C=O) groups excluding carboxylic acids is 3. The molecule has 1 fully saturated rings. The molecule has 0 radical (unpaired) electrons. The highest BCUT2D eigenvalue weighted by Gasteiger charge is 2.39. The van der Waals surface area contributed by atoms with E-state index >= 15 is 0 Å². The summed E-state index contributed by atoms with van der Waals surface area (Å²) in [6, 6.07) is 9.65. The van der Waals surface area contributed by atoms with Gasteiger partial charge >= 0.3 is 18.1 Å². The number of halogens is 4. The first kappa shape index (κ1) is 27.7. The van der Waals surface area contributed by atoms with Crippen LogP contribution in [0.1, 0.15) is 22.8 Å². The topological polar surface area (TPSA) is 94.2 Å². The lowest BCUT2D eigenvalue weighted by molar-refractivity contribution is -0.174. The average Bonchev–Trinajstić information content (AvgIpc) is 2.89. The van der Waals surface area contributed by atoms with Crippen LogP contribution < -0.4 is 20.5 Å². The van der Waals surface area contributed by atoms with Gasteiger partial charge in [-0.3, -0.25) is 25.3 Å². The smallest absolute Gasteiger partial charge is 0.472 e. The van der Waals surface area contributed by atoms with E-state index in [0.717, 1.165) is 12.6 Å². The summed E-state index contributed by atoms with van der Waals surface area (Å²) in [7, 11) is 1.48. The number of hydrogen-bond donors (Lipinski definition) is 2. The van der Waals surface area contributed by atoms with Gasteiger partial charge in [-0.25, -0.2) is 9.18 Å². The highest BCUT2D eigenvalue weighted by atomic mass is 19.4. The summed E-state index contributed by atoms with van der Waals surface area (Å²) < 4.78 is 57.1. The number of anilines is 1. The predicted molar refractivity (Wildman–Crippen MR) is 126 cm³/mol. The summed E-state index contributed by atoms with van der Waals surface area (Å²) in [6.07, 6.45) is -5.19. The Hall–Kier alpha value is -3.87. The number of nitrogens with zero attached hydrogens (tertiary/aromatic N) is 3. The quantitative estimate of drug-likeness (QED) is 0.447. The van der Waals surface area contributed by atoms with Gasteiger partial charge in [0, 0.05) is 49.1 Å². The molecule has 1 saturated heterocycles. The van der Waals surface area contributed by atoms with Crippen LogP contribution in [0.15, 0.2) is 42.5 Å². The number of carbonyl (C=O) groups is 3. The lowest BCUT2D eigenvalue weighted by atomic mass is 10.1. The Morgan fingerprint density at radius 2 is 1.73 bits per heavy atom. The Morgan fingerprint density at radius 1 is 1.03 bits per heavy atom. The molecule has 0 spiro atoms. The number of nitrogens with one attached hydrogen (secondary N) is 2. The van der Waals surface area contributed by atoms with Crippen molar-refractivity contribution in [2.24, 2.45) is 0 Å². The van der Waals surface area contributed by atoms with Crippen LogP contribution in [0.5, 0.6) is 5.75 Å². The number of urea groups is 1. The van der Waals surface area contributed by atoms with E-state index in [0.29, 0.717) is 37.6 Å². The molecule has 2 aromatic carbocycles. The second kappa shape index (κ2) is 11.9. The van der Waals surface area contributed by atoms with Crippen molar-refractivity contribution in [3.63, 3.8) is 0 Å². The first-order valence-electron chi connectivity index (χ1n) is 11.4. The minimum absolute atomic E-state index is 0.0687. The van der Waals surface area contributed by atoms with Crippen LogP contribution in [0.25, 0.3) is 0 Å².